The van der Waals surface area contributed by atoms with Crippen molar-refractivity contribution < 1.29 is 19.1 Å². The fourth-order valence-corrected chi connectivity index (χ4v) is 12.4. The minimum atomic E-state index is -2.19. The molecular weight excluding hydrogens is 423 g/mol. The summed E-state index contributed by atoms with van der Waals surface area (Å²) in [4.78, 5) is 30.2. The fourth-order valence-electron chi connectivity index (χ4n) is 4.12. The molecule has 1 heterocycles. The zero-order valence-corrected chi connectivity index (χ0v) is 19.2. The topological polar surface area (TPSA) is 52.6 Å². The van der Waals surface area contributed by atoms with Crippen LogP contribution in [0.4, 0.5) is 0 Å². The van der Waals surface area contributed by atoms with Crippen molar-refractivity contribution in [3.8, 4) is 0 Å². The molecule has 0 spiro atoms. The second-order valence-corrected chi connectivity index (χ2v) is 22.0. The van der Waals surface area contributed by atoms with E-state index in [-0.39, 0.29) is 0 Å². The Kier molecular flexibility index (Phi) is 6.57. The Morgan fingerprint density at radius 2 is 1.20 bits per heavy atom. The molecule has 1 aliphatic heterocycles. The fraction of sp³-hybridized carbons (Fsp3) is 0.600. The monoisotopic (exact) mass is 454 g/mol. The number of carbonyl (C=O) groups excluding carboxylic acids is 2. The Morgan fingerprint density at radius 1 is 0.840 bits per heavy atom. The summed E-state index contributed by atoms with van der Waals surface area (Å²) < 4.78 is 12.4. The molecule has 5 heteroatoms. The molecule has 0 unspecified atom stereocenters. The molecule has 0 bridgehead atoms. The SMILES string of the molecule is CCCc1c2c(c(CCC)c(C(=O)OC)c1C(=O)OC)[CH2][Sn]([CH3])([CH3])[CH2]2. The predicted octanol–water partition coefficient (Wildman–Crippen LogP) is 4.05. The Bertz CT molecular complexity index is 635. The van der Waals surface area contributed by atoms with Crippen LogP contribution in [0.25, 0.3) is 0 Å². The van der Waals surface area contributed by atoms with E-state index in [0.29, 0.717) is 11.1 Å². The van der Waals surface area contributed by atoms with Crippen LogP contribution in [0.3, 0.4) is 0 Å². The molecule has 138 valence electrons. The number of hydrogen-bond acceptors (Lipinski definition) is 4. The molecule has 2 rings (SSSR count). The van der Waals surface area contributed by atoms with Crippen LogP contribution >= 0.6 is 0 Å². The van der Waals surface area contributed by atoms with Gasteiger partial charge >= 0.3 is 155 Å². The number of methoxy groups -OCH3 is 2. The van der Waals surface area contributed by atoms with Crippen LogP contribution in [0.15, 0.2) is 0 Å². The molecule has 4 nitrogen and oxygen atoms in total. The van der Waals surface area contributed by atoms with Crippen LogP contribution in [-0.2, 0) is 31.2 Å². The van der Waals surface area contributed by atoms with E-state index in [1.807, 2.05) is 0 Å². The van der Waals surface area contributed by atoms with E-state index >= 15 is 0 Å². The summed E-state index contributed by atoms with van der Waals surface area (Å²) in [7, 11) is 2.77. The molecule has 0 atom stereocenters. The van der Waals surface area contributed by atoms with Gasteiger partial charge in [0.1, 0.15) is 0 Å². The van der Waals surface area contributed by atoms with Gasteiger partial charge in [0.2, 0.25) is 0 Å². The van der Waals surface area contributed by atoms with E-state index in [9.17, 15) is 9.59 Å². The molecule has 0 fully saturated rings. The average molecular weight is 453 g/mol. The van der Waals surface area contributed by atoms with Crippen LogP contribution in [0.2, 0.25) is 9.88 Å². The predicted molar refractivity (Wildman–Crippen MR) is 102 cm³/mol. The molecule has 1 aromatic rings. The van der Waals surface area contributed by atoms with Crippen LogP contribution in [0, 0.1) is 0 Å². The second kappa shape index (κ2) is 8.10. The van der Waals surface area contributed by atoms with Crippen LogP contribution < -0.4 is 0 Å². The molecule has 0 N–H and O–H groups in total. The maximum atomic E-state index is 12.7. The first-order chi connectivity index (χ1) is 11.8. The zero-order valence-electron chi connectivity index (χ0n) is 16.4. The van der Waals surface area contributed by atoms with E-state index in [4.69, 9.17) is 9.47 Å². The van der Waals surface area contributed by atoms with Crippen molar-refractivity contribution in [2.24, 2.45) is 0 Å². The van der Waals surface area contributed by atoms with Crippen molar-refractivity contribution in [2.45, 2.75) is 58.3 Å². The number of carbonyl (C=O) groups is 2. The molecular formula is C20H30O4Sn. The second-order valence-electron chi connectivity index (χ2n) is 7.67. The van der Waals surface area contributed by atoms with Gasteiger partial charge in [0.25, 0.3) is 0 Å². The first-order valence-electron chi connectivity index (χ1n) is 9.17. The van der Waals surface area contributed by atoms with Gasteiger partial charge in [-0.3, -0.25) is 0 Å². The zero-order chi connectivity index (χ0) is 18.8. The molecule has 25 heavy (non-hydrogen) atoms. The van der Waals surface area contributed by atoms with Gasteiger partial charge in [0.05, 0.1) is 0 Å². The number of fused-ring (bicyclic) bond motifs is 1. The maximum absolute atomic E-state index is 12.7. The van der Waals surface area contributed by atoms with Gasteiger partial charge in [-0.1, -0.05) is 0 Å². The molecule has 1 aromatic carbocycles. The van der Waals surface area contributed by atoms with Gasteiger partial charge in [-0.2, -0.15) is 0 Å². The van der Waals surface area contributed by atoms with Crippen molar-refractivity contribution in [2.75, 3.05) is 14.2 Å². The Morgan fingerprint density at radius 3 is 1.48 bits per heavy atom. The summed E-state index contributed by atoms with van der Waals surface area (Å²) in [6, 6.07) is 0. The summed E-state index contributed by atoms with van der Waals surface area (Å²) in [6.45, 7) is 4.21. The third kappa shape index (κ3) is 3.88. The molecule has 0 radical (unpaired) electrons. The van der Waals surface area contributed by atoms with Crippen molar-refractivity contribution in [1.82, 2.24) is 0 Å². The number of esters is 2. The molecule has 0 saturated heterocycles. The Labute approximate surface area is 155 Å². The first kappa shape index (κ1) is 20.3. The Hall–Kier alpha value is -1.04. The molecule has 0 amide bonds. The summed E-state index contributed by atoms with van der Waals surface area (Å²) in [5, 5.41) is 0. The number of benzene rings is 1. The summed E-state index contributed by atoms with van der Waals surface area (Å²) >= 11 is -2.19. The number of ether oxygens (including phenoxy) is 2. The molecule has 0 saturated carbocycles. The van der Waals surface area contributed by atoms with Crippen LogP contribution in [0.1, 0.15) is 69.7 Å². The third-order valence-corrected chi connectivity index (χ3v) is 12.5. The van der Waals surface area contributed by atoms with Crippen molar-refractivity contribution in [1.29, 1.82) is 0 Å². The summed E-state index contributed by atoms with van der Waals surface area (Å²) in [5.74, 6) is -0.826. The van der Waals surface area contributed by atoms with Gasteiger partial charge < -0.3 is 0 Å². The van der Waals surface area contributed by atoms with E-state index in [0.717, 1.165) is 45.7 Å². The average Bonchev–Trinajstić information content (AvgIpc) is 2.90. The van der Waals surface area contributed by atoms with E-state index in [1.54, 1.807) is 0 Å². The van der Waals surface area contributed by atoms with Crippen LogP contribution in [-0.4, -0.2) is 44.5 Å². The van der Waals surface area contributed by atoms with Gasteiger partial charge in [-0.15, -0.1) is 0 Å². The Balaban J connectivity index is 2.91. The van der Waals surface area contributed by atoms with Gasteiger partial charge in [0.15, 0.2) is 0 Å². The number of rotatable bonds is 6. The van der Waals surface area contributed by atoms with Crippen LogP contribution in [0.5, 0.6) is 0 Å². The van der Waals surface area contributed by atoms with Crippen molar-refractivity contribution in [3.63, 3.8) is 0 Å². The van der Waals surface area contributed by atoms with Gasteiger partial charge in [-0.25, -0.2) is 0 Å². The standard InChI is InChI=1S/C18H24O4.2CH3.Sn/c1-7-9-13-11(3)12(4)14(10-8-2)16(18(20)22-6)15(13)17(19)21-5;;;/h3-4,7-10H2,1-2,5-6H3;2*1H3;. The molecule has 1 aliphatic rings. The minimum absolute atomic E-state index is 0.413. The van der Waals surface area contributed by atoms with Gasteiger partial charge in [-0.05, 0) is 0 Å². The molecule has 0 aromatic heterocycles. The van der Waals surface area contributed by atoms with Gasteiger partial charge in [0, 0.05) is 0 Å². The van der Waals surface area contributed by atoms with Crippen molar-refractivity contribution >= 4 is 30.3 Å². The summed E-state index contributed by atoms with van der Waals surface area (Å²) in [6.07, 6.45) is 3.45. The first-order valence-corrected chi connectivity index (χ1v) is 18.9. The van der Waals surface area contributed by atoms with E-state index < -0.39 is 30.3 Å². The van der Waals surface area contributed by atoms with Crippen molar-refractivity contribution in [3.05, 3.63) is 33.4 Å². The van der Waals surface area contributed by atoms with E-state index in [1.165, 1.54) is 25.3 Å². The summed E-state index contributed by atoms with van der Waals surface area (Å²) in [5.41, 5.74) is 5.68. The van der Waals surface area contributed by atoms with E-state index in [2.05, 4.69) is 23.7 Å². The molecule has 0 aliphatic carbocycles. The third-order valence-electron chi connectivity index (χ3n) is 5.04. The normalized spacial score (nSPS) is 15.0. The number of hydrogen-bond donors (Lipinski definition) is 0. The quantitative estimate of drug-likeness (QED) is 0.482.